The van der Waals surface area contributed by atoms with Gasteiger partial charge in [0.2, 0.25) is 0 Å². The van der Waals surface area contributed by atoms with Crippen LogP contribution < -0.4 is 15.4 Å². The number of aliphatic hydroxyl groups is 1. The number of hydrogen-bond acceptors (Lipinski definition) is 5. The molecule has 1 fully saturated rings. The number of hydrogen-bond donors (Lipinski definition) is 3. The molecule has 0 unspecified atom stereocenters. The highest BCUT2D eigenvalue weighted by Gasteiger charge is 2.34. The zero-order chi connectivity index (χ0) is 20.3. The Balaban J connectivity index is 1.67. The molecule has 0 saturated heterocycles. The molecule has 0 spiro atoms. The zero-order valence-corrected chi connectivity index (χ0v) is 16.8. The van der Waals surface area contributed by atoms with Gasteiger partial charge in [0.25, 0.3) is 0 Å². The molecule has 8 nitrogen and oxygen atoms in total. The molecule has 1 aliphatic rings. The summed E-state index contributed by atoms with van der Waals surface area (Å²) in [7, 11) is 1.58. The van der Waals surface area contributed by atoms with E-state index in [1.807, 2.05) is 17.7 Å². The second-order valence-electron chi connectivity index (χ2n) is 7.57. The summed E-state index contributed by atoms with van der Waals surface area (Å²) in [5.74, 6) is 2.49. The lowest BCUT2D eigenvalue weighted by Crippen LogP contribution is -2.48. The number of rotatable bonds is 5. The maximum absolute atomic E-state index is 12.4. The van der Waals surface area contributed by atoms with Gasteiger partial charge in [-0.1, -0.05) is 6.07 Å². The highest BCUT2D eigenvalue weighted by atomic mass is 16.5. The molecule has 1 aromatic carbocycles. The Bertz CT molecular complexity index is 820. The second-order valence-corrected chi connectivity index (χ2v) is 7.57. The van der Waals surface area contributed by atoms with Crippen molar-refractivity contribution in [2.45, 2.75) is 64.1 Å². The third kappa shape index (κ3) is 4.62. The summed E-state index contributed by atoms with van der Waals surface area (Å²) in [6.07, 6.45) is 1.47. The lowest BCUT2D eigenvalue weighted by atomic mass is 9.83. The summed E-state index contributed by atoms with van der Waals surface area (Å²) in [4.78, 5) is 17.1. The molecule has 3 rings (SSSR count). The number of aryl methyl sites for hydroxylation is 1. The number of amides is 2. The number of anilines is 1. The molecule has 0 bridgehead atoms. The van der Waals surface area contributed by atoms with Crippen LogP contribution in [0.4, 0.5) is 10.5 Å². The van der Waals surface area contributed by atoms with Gasteiger partial charge in [-0.15, -0.1) is 0 Å². The number of nitrogens with zero attached hydrogens (tertiary/aromatic N) is 3. The van der Waals surface area contributed by atoms with Gasteiger partial charge in [0.15, 0.2) is 0 Å². The predicted molar refractivity (Wildman–Crippen MR) is 107 cm³/mol. The van der Waals surface area contributed by atoms with Crippen molar-refractivity contribution in [3.8, 4) is 5.75 Å². The average molecular weight is 387 g/mol. The van der Waals surface area contributed by atoms with E-state index in [1.54, 1.807) is 25.3 Å². The van der Waals surface area contributed by atoms with E-state index in [0.29, 0.717) is 24.3 Å². The number of methoxy groups -OCH3 is 1. The lowest BCUT2D eigenvalue weighted by molar-refractivity contribution is 0.0859. The maximum atomic E-state index is 12.4. The molecule has 1 aliphatic carbocycles. The number of aliphatic hydroxyl groups excluding tert-OH is 1. The molecule has 3 atom stereocenters. The number of urea groups is 1. The van der Waals surface area contributed by atoms with Gasteiger partial charge in [0, 0.05) is 23.7 Å². The molecule has 1 heterocycles. The van der Waals surface area contributed by atoms with E-state index in [1.165, 1.54) is 0 Å². The van der Waals surface area contributed by atoms with Crippen LogP contribution in [0.2, 0.25) is 0 Å². The molecule has 2 aromatic rings. The van der Waals surface area contributed by atoms with Crippen molar-refractivity contribution in [2.75, 3.05) is 12.4 Å². The van der Waals surface area contributed by atoms with Crippen LogP contribution in [0.1, 0.15) is 56.7 Å². The van der Waals surface area contributed by atoms with E-state index in [2.05, 4.69) is 34.6 Å². The normalized spacial score (nSPS) is 22.1. The average Bonchev–Trinajstić information content (AvgIpc) is 3.06. The highest BCUT2D eigenvalue weighted by Crippen LogP contribution is 2.33. The van der Waals surface area contributed by atoms with E-state index in [-0.39, 0.29) is 24.0 Å². The van der Waals surface area contributed by atoms with Gasteiger partial charge in [-0.3, -0.25) is 0 Å². The van der Waals surface area contributed by atoms with E-state index < -0.39 is 6.10 Å². The minimum atomic E-state index is -0.580. The summed E-state index contributed by atoms with van der Waals surface area (Å²) in [5.41, 5.74) is 0.633. The first kappa shape index (κ1) is 20.1. The van der Waals surface area contributed by atoms with Gasteiger partial charge in [-0.25, -0.2) is 14.5 Å². The van der Waals surface area contributed by atoms with Gasteiger partial charge in [-0.05, 0) is 52.2 Å². The molecule has 8 heteroatoms. The number of aromatic nitrogens is 3. The predicted octanol–water partition coefficient (Wildman–Crippen LogP) is 2.99. The van der Waals surface area contributed by atoms with Crippen LogP contribution in [0, 0.1) is 6.92 Å². The fraction of sp³-hybridized carbons (Fsp3) is 0.550. The topological polar surface area (TPSA) is 101 Å². The molecule has 1 saturated carbocycles. The maximum Gasteiger partial charge on any atom is 0.319 e. The molecule has 152 valence electrons. The Labute approximate surface area is 165 Å². The number of ether oxygens (including phenoxy) is 1. The van der Waals surface area contributed by atoms with Crippen molar-refractivity contribution < 1.29 is 14.6 Å². The Morgan fingerprint density at radius 3 is 2.86 bits per heavy atom. The van der Waals surface area contributed by atoms with Crippen LogP contribution in [-0.4, -0.2) is 45.2 Å². The second kappa shape index (κ2) is 8.60. The third-order valence-corrected chi connectivity index (χ3v) is 5.08. The minimum absolute atomic E-state index is 0.147. The van der Waals surface area contributed by atoms with Crippen LogP contribution in [0.25, 0.3) is 0 Å². The molecular weight excluding hydrogens is 358 g/mol. The van der Waals surface area contributed by atoms with E-state index in [9.17, 15) is 9.90 Å². The van der Waals surface area contributed by atoms with Gasteiger partial charge in [0.05, 0.1) is 19.3 Å². The number of carbonyl (C=O) groups excluding carboxylic acids is 1. The Hall–Kier alpha value is -2.61. The first-order valence-electron chi connectivity index (χ1n) is 9.70. The third-order valence-electron chi connectivity index (χ3n) is 5.08. The van der Waals surface area contributed by atoms with Crippen molar-refractivity contribution in [3.63, 3.8) is 0 Å². The largest absolute Gasteiger partial charge is 0.497 e. The van der Waals surface area contributed by atoms with Crippen molar-refractivity contribution in [1.82, 2.24) is 20.1 Å². The zero-order valence-electron chi connectivity index (χ0n) is 16.8. The van der Waals surface area contributed by atoms with Gasteiger partial charge >= 0.3 is 6.03 Å². The van der Waals surface area contributed by atoms with Gasteiger partial charge in [-0.2, -0.15) is 5.10 Å². The summed E-state index contributed by atoms with van der Waals surface area (Å²) in [6.45, 7) is 6.04. The van der Waals surface area contributed by atoms with Crippen molar-refractivity contribution >= 4 is 11.7 Å². The summed E-state index contributed by atoms with van der Waals surface area (Å²) >= 11 is 0. The molecule has 2 amide bonds. The number of benzene rings is 1. The summed E-state index contributed by atoms with van der Waals surface area (Å²) in [5, 5.41) is 20.6. The Morgan fingerprint density at radius 1 is 1.36 bits per heavy atom. The molecule has 0 aliphatic heterocycles. The smallest absolute Gasteiger partial charge is 0.319 e. The van der Waals surface area contributed by atoms with E-state index >= 15 is 0 Å². The lowest BCUT2D eigenvalue weighted by Gasteiger charge is -2.33. The van der Waals surface area contributed by atoms with Crippen LogP contribution in [0.15, 0.2) is 24.3 Å². The number of nitrogens with one attached hydrogen (secondary N) is 2. The summed E-state index contributed by atoms with van der Waals surface area (Å²) in [6, 6.07) is 6.67. The Kier molecular flexibility index (Phi) is 6.18. The molecule has 3 N–H and O–H groups in total. The Morgan fingerprint density at radius 2 is 2.14 bits per heavy atom. The first-order chi connectivity index (χ1) is 13.4. The van der Waals surface area contributed by atoms with Crippen LogP contribution in [-0.2, 0) is 0 Å². The quantitative estimate of drug-likeness (QED) is 0.732. The first-order valence-corrected chi connectivity index (χ1v) is 9.70. The number of carbonyl (C=O) groups is 1. The molecule has 1 aromatic heterocycles. The van der Waals surface area contributed by atoms with Crippen molar-refractivity contribution in [1.29, 1.82) is 0 Å². The highest BCUT2D eigenvalue weighted by molar-refractivity contribution is 5.89. The molecular formula is C20H29N5O3. The fourth-order valence-electron chi connectivity index (χ4n) is 3.69. The SMILES string of the molecule is COc1cccc(NC(=O)N[C@@H]2C[C@@H](c3nc(C)nn3C(C)C)CC[C@H]2O)c1. The van der Waals surface area contributed by atoms with Crippen LogP contribution in [0.3, 0.4) is 0 Å². The van der Waals surface area contributed by atoms with Gasteiger partial charge < -0.3 is 20.5 Å². The standard InChI is InChI=1S/C20H29N5O3/c1-12(2)25-19(21-13(3)24-25)14-8-9-18(26)17(10-14)23-20(27)22-15-6-5-7-16(11-15)28-4/h5-7,11-12,14,17-18,26H,8-10H2,1-4H3,(H2,22,23,27)/t14-,17+,18+/m0/s1. The van der Waals surface area contributed by atoms with Crippen molar-refractivity contribution in [3.05, 3.63) is 35.9 Å². The molecule has 28 heavy (non-hydrogen) atoms. The summed E-state index contributed by atoms with van der Waals surface area (Å²) < 4.78 is 7.12. The van der Waals surface area contributed by atoms with Gasteiger partial charge in [0.1, 0.15) is 17.4 Å². The van der Waals surface area contributed by atoms with Crippen LogP contribution >= 0.6 is 0 Å². The monoisotopic (exact) mass is 387 g/mol. The minimum Gasteiger partial charge on any atom is -0.497 e. The molecule has 0 radical (unpaired) electrons. The van der Waals surface area contributed by atoms with Crippen LogP contribution in [0.5, 0.6) is 5.75 Å². The van der Waals surface area contributed by atoms with E-state index in [0.717, 1.165) is 18.1 Å². The van der Waals surface area contributed by atoms with E-state index in [4.69, 9.17) is 4.74 Å². The van der Waals surface area contributed by atoms with Crippen molar-refractivity contribution in [2.24, 2.45) is 0 Å². The fourth-order valence-corrected chi connectivity index (χ4v) is 3.69.